The fourth-order valence-electron chi connectivity index (χ4n) is 2.39. The third kappa shape index (κ3) is 3.13. The smallest absolute Gasteiger partial charge is 0.354 e. The monoisotopic (exact) mass is 267 g/mol. The van der Waals surface area contributed by atoms with Crippen molar-refractivity contribution in [2.45, 2.75) is 39.5 Å². The van der Waals surface area contributed by atoms with Crippen molar-refractivity contribution >= 4 is 5.97 Å². The Balaban J connectivity index is 2.08. The van der Waals surface area contributed by atoms with Crippen molar-refractivity contribution in [1.82, 2.24) is 14.5 Å². The van der Waals surface area contributed by atoms with Crippen molar-refractivity contribution in [2.75, 3.05) is 19.7 Å². The van der Waals surface area contributed by atoms with Crippen molar-refractivity contribution in [3.05, 3.63) is 17.7 Å². The van der Waals surface area contributed by atoms with Crippen LogP contribution in [-0.2, 0) is 11.3 Å². The molecule has 0 bridgehead atoms. The highest BCUT2D eigenvalue weighted by Crippen LogP contribution is 2.13. The van der Waals surface area contributed by atoms with E-state index in [9.17, 15) is 4.79 Å². The molecular formula is C13H21N3O3. The van der Waals surface area contributed by atoms with Gasteiger partial charge in [-0.25, -0.2) is 9.78 Å². The number of rotatable bonds is 4. The van der Waals surface area contributed by atoms with E-state index in [1.165, 1.54) is 6.20 Å². The van der Waals surface area contributed by atoms with Crippen molar-refractivity contribution in [3.63, 3.8) is 0 Å². The summed E-state index contributed by atoms with van der Waals surface area (Å²) in [4.78, 5) is 17.6. The van der Waals surface area contributed by atoms with E-state index in [2.05, 4.69) is 23.7 Å². The summed E-state index contributed by atoms with van der Waals surface area (Å²) in [7, 11) is 0. The van der Waals surface area contributed by atoms with Crippen LogP contribution in [0, 0.1) is 6.92 Å². The molecule has 0 aliphatic carbocycles. The zero-order chi connectivity index (χ0) is 14.0. The fraction of sp³-hybridized carbons (Fsp3) is 0.692. The second kappa shape index (κ2) is 5.71. The highest BCUT2D eigenvalue weighted by molar-refractivity contribution is 5.85. The molecule has 1 unspecified atom stereocenters. The van der Waals surface area contributed by atoms with E-state index >= 15 is 0 Å². The molecule has 106 valence electrons. The summed E-state index contributed by atoms with van der Waals surface area (Å²) in [6.07, 6.45) is 1.42. The van der Waals surface area contributed by atoms with E-state index in [-0.39, 0.29) is 11.8 Å². The molecule has 0 amide bonds. The van der Waals surface area contributed by atoms with Gasteiger partial charge in [-0.3, -0.25) is 4.90 Å². The van der Waals surface area contributed by atoms with E-state index in [1.807, 2.05) is 6.92 Å². The third-order valence-corrected chi connectivity index (χ3v) is 3.56. The maximum absolute atomic E-state index is 11.1. The lowest BCUT2D eigenvalue weighted by atomic mass is 10.2. The predicted molar refractivity (Wildman–Crippen MR) is 70.4 cm³/mol. The van der Waals surface area contributed by atoms with Gasteiger partial charge in [-0.1, -0.05) is 0 Å². The number of aryl methyl sites for hydroxylation is 1. The van der Waals surface area contributed by atoms with Crippen LogP contribution in [0.15, 0.2) is 6.20 Å². The quantitative estimate of drug-likeness (QED) is 0.881. The number of hydrogen-bond acceptors (Lipinski definition) is 4. The van der Waals surface area contributed by atoms with Crippen molar-refractivity contribution in [1.29, 1.82) is 0 Å². The molecule has 1 aromatic rings. The number of carboxylic acids is 1. The van der Waals surface area contributed by atoms with Crippen LogP contribution in [0.25, 0.3) is 0 Å². The number of morpholine rings is 1. The van der Waals surface area contributed by atoms with Crippen LogP contribution < -0.4 is 0 Å². The largest absolute Gasteiger partial charge is 0.477 e. The summed E-state index contributed by atoms with van der Waals surface area (Å²) in [6, 6.07) is 0.481. The normalized spacial score (nSPS) is 20.9. The molecule has 1 aliphatic heterocycles. The van der Waals surface area contributed by atoms with Crippen molar-refractivity contribution in [2.24, 2.45) is 0 Å². The second-order valence-electron chi connectivity index (χ2n) is 5.19. The lowest BCUT2D eigenvalue weighted by Gasteiger charge is -2.35. The minimum atomic E-state index is -0.947. The number of imidazole rings is 1. The van der Waals surface area contributed by atoms with Gasteiger partial charge < -0.3 is 14.4 Å². The molecule has 0 radical (unpaired) electrons. The minimum Gasteiger partial charge on any atom is -0.477 e. The highest BCUT2D eigenvalue weighted by atomic mass is 16.5. The van der Waals surface area contributed by atoms with Crippen molar-refractivity contribution < 1.29 is 14.6 Å². The van der Waals surface area contributed by atoms with E-state index in [4.69, 9.17) is 9.84 Å². The fourth-order valence-corrected chi connectivity index (χ4v) is 2.39. The van der Waals surface area contributed by atoms with Crippen LogP contribution in [0.5, 0.6) is 0 Å². The molecular weight excluding hydrogens is 246 g/mol. The van der Waals surface area contributed by atoms with Gasteiger partial charge in [0.25, 0.3) is 0 Å². The molecule has 6 heteroatoms. The Morgan fingerprint density at radius 2 is 2.37 bits per heavy atom. The van der Waals surface area contributed by atoms with Gasteiger partial charge in [0, 0.05) is 19.1 Å². The lowest BCUT2D eigenvalue weighted by Crippen LogP contribution is -2.47. The summed E-state index contributed by atoms with van der Waals surface area (Å²) >= 11 is 0. The van der Waals surface area contributed by atoms with Crippen LogP contribution in [-0.4, -0.2) is 57.4 Å². The van der Waals surface area contributed by atoms with Crippen molar-refractivity contribution in [3.8, 4) is 0 Å². The first kappa shape index (κ1) is 14.0. The molecule has 1 aromatic heterocycles. The van der Waals surface area contributed by atoms with E-state index in [0.29, 0.717) is 25.0 Å². The lowest BCUT2D eigenvalue weighted by molar-refractivity contribution is -0.0460. The van der Waals surface area contributed by atoms with Crippen LogP contribution in [0.4, 0.5) is 0 Å². The zero-order valence-electron chi connectivity index (χ0n) is 11.7. The minimum absolute atomic E-state index is 0.0159. The van der Waals surface area contributed by atoms with Crippen LogP contribution in [0.3, 0.4) is 0 Å². The molecule has 0 aromatic carbocycles. The Labute approximate surface area is 113 Å². The molecule has 2 rings (SSSR count). The van der Waals surface area contributed by atoms with Gasteiger partial charge in [0.1, 0.15) is 11.5 Å². The molecule has 19 heavy (non-hydrogen) atoms. The summed E-state index contributed by atoms with van der Waals surface area (Å²) in [5, 5.41) is 9.14. The summed E-state index contributed by atoms with van der Waals surface area (Å²) < 4.78 is 7.46. The first-order valence-electron chi connectivity index (χ1n) is 6.60. The number of carboxylic acid groups (broad SMARTS) is 1. The molecule has 1 atom stereocenters. The van der Waals surface area contributed by atoms with Gasteiger partial charge in [0.2, 0.25) is 0 Å². The number of ether oxygens (including phenoxy) is 1. The third-order valence-electron chi connectivity index (χ3n) is 3.56. The maximum atomic E-state index is 11.1. The van der Waals surface area contributed by atoms with Crippen LogP contribution in [0.2, 0.25) is 0 Å². The van der Waals surface area contributed by atoms with Crippen LogP contribution >= 0.6 is 0 Å². The summed E-state index contributed by atoms with van der Waals surface area (Å²) in [5.41, 5.74) is 0.225. The topological polar surface area (TPSA) is 67.6 Å². The Bertz CT molecular complexity index is 456. The van der Waals surface area contributed by atoms with Gasteiger partial charge in [-0.2, -0.15) is 0 Å². The second-order valence-corrected chi connectivity index (χ2v) is 5.19. The first-order valence-corrected chi connectivity index (χ1v) is 6.60. The molecule has 0 saturated carbocycles. The zero-order valence-corrected chi connectivity index (χ0v) is 11.7. The average molecular weight is 267 g/mol. The molecule has 2 heterocycles. The molecule has 1 fully saturated rings. The van der Waals surface area contributed by atoms with Crippen LogP contribution in [0.1, 0.15) is 30.2 Å². The summed E-state index contributed by atoms with van der Waals surface area (Å²) in [6.45, 7) is 9.13. The predicted octanol–water partition coefficient (Wildman–Crippen LogP) is 0.999. The van der Waals surface area contributed by atoms with E-state index < -0.39 is 5.97 Å². The summed E-state index contributed by atoms with van der Waals surface area (Å²) in [5.74, 6) is -0.236. The molecule has 1 saturated heterocycles. The molecule has 6 nitrogen and oxygen atoms in total. The molecule has 1 aliphatic rings. The van der Waals surface area contributed by atoms with Gasteiger partial charge in [-0.15, -0.1) is 0 Å². The van der Waals surface area contributed by atoms with E-state index in [0.717, 1.165) is 13.1 Å². The highest BCUT2D eigenvalue weighted by Gasteiger charge is 2.24. The SMILES string of the molecule is Cc1ncc(C(=O)O)n1CC1CN(C(C)C)CCO1. The average Bonchev–Trinajstić information content (AvgIpc) is 2.71. The van der Waals surface area contributed by atoms with Gasteiger partial charge in [0.05, 0.1) is 25.5 Å². The number of aromatic nitrogens is 2. The standard InChI is InChI=1S/C13H21N3O3/c1-9(2)15-4-5-19-11(7-15)8-16-10(3)14-6-12(16)13(17)18/h6,9,11H,4-5,7-8H2,1-3H3,(H,17,18). The number of carbonyl (C=O) groups is 1. The molecule has 0 spiro atoms. The Morgan fingerprint density at radius 3 is 3.00 bits per heavy atom. The molecule has 1 N–H and O–H groups in total. The number of nitrogens with zero attached hydrogens (tertiary/aromatic N) is 3. The van der Waals surface area contributed by atoms with Gasteiger partial charge in [0.15, 0.2) is 0 Å². The van der Waals surface area contributed by atoms with Gasteiger partial charge in [-0.05, 0) is 20.8 Å². The number of aromatic carboxylic acids is 1. The Kier molecular flexibility index (Phi) is 4.21. The van der Waals surface area contributed by atoms with E-state index in [1.54, 1.807) is 4.57 Å². The van der Waals surface area contributed by atoms with Gasteiger partial charge >= 0.3 is 5.97 Å². The Morgan fingerprint density at radius 1 is 1.63 bits per heavy atom. The maximum Gasteiger partial charge on any atom is 0.354 e. The first-order chi connectivity index (χ1) is 8.99. The number of hydrogen-bond donors (Lipinski definition) is 1. The Hall–Kier alpha value is -1.40.